The zero-order valence-electron chi connectivity index (χ0n) is 10.0. The molecular weight excluding hydrogens is 516 g/mol. The van der Waals surface area contributed by atoms with Crippen molar-refractivity contribution in [1.29, 1.82) is 0 Å². The molecule has 3 aliphatic rings. The molecule has 0 aromatic carbocycles. The number of hydrogen-bond acceptors (Lipinski definition) is 4. The number of carbonyl (C=O) groups is 1. The molecule has 106 valence electrons. The fourth-order valence-electron chi connectivity index (χ4n) is 3.60. The monoisotopic (exact) mass is 522 g/mol. The van der Waals surface area contributed by atoms with Gasteiger partial charge in [-0.3, -0.25) is 4.79 Å². The molecule has 4 atom stereocenters. The van der Waals surface area contributed by atoms with Gasteiger partial charge in [-0.15, -0.1) is 0 Å². The summed E-state index contributed by atoms with van der Waals surface area (Å²) >= 11 is 14.6. The molecular formula is C11H10Br4O4. The summed E-state index contributed by atoms with van der Waals surface area (Å²) in [6.45, 7) is 0.339. The third-order valence-electron chi connectivity index (χ3n) is 4.37. The van der Waals surface area contributed by atoms with Gasteiger partial charge in [0.2, 0.25) is 5.79 Å². The smallest absolute Gasteiger partial charge is 0.311 e. The average molecular weight is 526 g/mol. The average Bonchev–Trinajstić information content (AvgIpc) is 2.90. The van der Waals surface area contributed by atoms with E-state index in [1.54, 1.807) is 14.2 Å². The minimum atomic E-state index is -1.04. The summed E-state index contributed by atoms with van der Waals surface area (Å²) in [5.74, 6) is -1.72. The molecule has 1 saturated carbocycles. The molecule has 1 heterocycles. The molecule has 0 unspecified atom stereocenters. The SMILES string of the molecule is COC1(OC)[C@@]2(Br)C(Br)=C(Br)[C@]1(Br)[C@@H]1C(=O)OC[C@@H]12. The third-order valence-corrected chi connectivity index (χ3v) is 10.9. The number of cyclic esters (lactones) is 1. The van der Waals surface area contributed by atoms with E-state index in [4.69, 9.17) is 14.2 Å². The molecule has 1 aliphatic heterocycles. The van der Waals surface area contributed by atoms with Crippen LogP contribution in [0.2, 0.25) is 0 Å². The molecule has 3 rings (SSSR count). The van der Waals surface area contributed by atoms with E-state index in [1.807, 2.05) is 0 Å². The summed E-state index contributed by atoms with van der Waals surface area (Å²) in [5, 5.41) is 0. The first-order valence-corrected chi connectivity index (χ1v) is 8.71. The van der Waals surface area contributed by atoms with E-state index in [-0.39, 0.29) is 17.8 Å². The van der Waals surface area contributed by atoms with E-state index in [0.717, 1.165) is 8.96 Å². The van der Waals surface area contributed by atoms with Crippen molar-refractivity contribution < 1.29 is 19.0 Å². The van der Waals surface area contributed by atoms with Crippen molar-refractivity contribution in [3.8, 4) is 0 Å². The highest BCUT2D eigenvalue weighted by Gasteiger charge is 2.86. The van der Waals surface area contributed by atoms with E-state index in [1.165, 1.54) is 0 Å². The molecule has 0 aromatic heterocycles. The molecule has 2 fully saturated rings. The van der Waals surface area contributed by atoms with Crippen LogP contribution in [0, 0.1) is 11.8 Å². The number of fused-ring (bicyclic) bond motifs is 5. The van der Waals surface area contributed by atoms with Gasteiger partial charge in [-0.25, -0.2) is 0 Å². The van der Waals surface area contributed by atoms with Crippen LogP contribution in [-0.4, -0.2) is 41.2 Å². The Morgan fingerprint density at radius 3 is 2.21 bits per heavy atom. The highest BCUT2D eigenvalue weighted by molar-refractivity contribution is 9.16. The van der Waals surface area contributed by atoms with Gasteiger partial charge in [-0.1, -0.05) is 63.7 Å². The molecule has 2 bridgehead atoms. The number of hydrogen-bond donors (Lipinski definition) is 0. The number of methoxy groups -OCH3 is 2. The van der Waals surface area contributed by atoms with Gasteiger partial charge < -0.3 is 14.2 Å². The van der Waals surface area contributed by atoms with Crippen LogP contribution in [0.1, 0.15) is 0 Å². The number of rotatable bonds is 2. The summed E-state index contributed by atoms with van der Waals surface area (Å²) in [6.07, 6.45) is 0. The third kappa shape index (κ3) is 1.27. The number of carbonyl (C=O) groups excluding carboxylic acids is 1. The number of esters is 1. The Labute approximate surface area is 144 Å². The molecule has 0 amide bonds. The summed E-state index contributed by atoms with van der Waals surface area (Å²) in [6, 6.07) is 0. The van der Waals surface area contributed by atoms with Crippen molar-refractivity contribution >= 4 is 69.7 Å². The molecule has 0 N–H and O–H groups in total. The van der Waals surface area contributed by atoms with Gasteiger partial charge in [0.25, 0.3) is 0 Å². The van der Waals surface area contributed by atoms with E-state index in [9.17, 15) is 4.79 Å². The minimum absolute atomic E-state index is 0.0741. The largest absolute Gasteiger partial charge is 0.465 e. The van der Waals surface area contributed by atoms with Gasteiger partial charge in [-0.05, 0) is 0 Å². The highest BCUT2D eigenvalue weighted by atomic mass is 79.9. The Morgan fingerprint density at radius 1 is 1.16 bits per heavy atom. The lowest BCUT2D eigenvalue weighted by molar-refractivity contribution is -0.217. The van der Waals surface area contributed by atoms with Gasteiger partial charge in [0.1, 0.15) is 8.65 Å². The van der Waals surface area contributed by atoms with Crippen LogP contribution in [0.5, 0.6) is 0 Å². The maximum atomic E-state index is 12.1. The van der Waals surface area contributed by atoms with E-state index >= 15 is 0 Å². The van der Waals surface area contributed by atoms with Gasteiger partial charge in [0.05, 0.1) is 12.5 Å². The normalized spacial score (nSPS) is 46.7. The first kappa shape index (κ1) is 15.0. The standard InChI is InChI=1S/C11H10Br4O4/c1-17-11(18-2)9(14)4-3-19-8(16)5(4)10(11,15)7(13)6(9)12/h4-5H,3H2,1-2H3/t4-,5-,9-,10+/m0/s1. The first-order valence-electron chi connectivity index (χ1n) is 5.54. The summed E-state index contributed by atoms with van der Waals surface area (Å²) in [5.41, 5.74) is 0. The fraction of sp³-hybridized carbons (Fsp3) is 0.727. The number of halogens is 4. The maximum absolute atomic E-state index is 12.1. The Kier molecular flexibility index (Phi) is 3.38. The zero-order valence-corrected chi connectivity index (χ0v) is 16.4. The number of alkyl halides is 2. The lowest BCUT2D eigenvalue weighted by Gasteiger charge is -2.42. The number of ether oxygens (including phenoxy) is 3. The topological polar surface area (TPSA) is 44.8 Å². The van der Waals surface area contributed by atoms with Gasteiger partial charge in [0, 0.05) is 29.1 Å². The van der Waals surface area contributed by atoms with Gasteiger partial charge in [0.15, 0.2) is 0 Å². The van der Waals surface area contributed by atoms with Crippen molar-refractivity contribution in [1.82, 2.24) is 0 Å². The lowest BCUT2D eigenvalue weighted by Crippen LogP contribution is -2.58. The summed E-state index contributed by atoms with van der Waals surface area (Å²) in [4.78, 5) is 12.1. The second kappa shape index (κ2) is 4.29. The van der Waals surface area contributed by atoms with Crippen LogP contribution < -0.4 is 0 Å². The predicted molar refractivity (Wildman–Crippen MR) is 82.9 cm³/mol. The van der Waals surface area contributed by atoms with E-state index < -0.39 is 14.4 Å². The maximum Gasteiger partial charge on any atom is 0.311 e. The van der Waals surface area contributed by atoms with Crippen LogP contribution in [0.4, 0.5) is 0 Å². The molecule has 4 nitrogen and oxygen atoms in total. The molecule has 8 heteroatoms. The van der Waals surface area contributed by atoms with Gasteiger partial charge >= 0.3 is 5.97 Å². The second-order valence-electron chi connectivity index (χ2n) is 4.79. The van der Waals surface area contributed by atoms with Crippen LogP contribution in [0.25, 0.3) is 0 Å². The van der Waals surface area contributed by atoms with Crippen molar-refractivity contribution in [2.75, 3.05) is 20.8 Å². The van der Waals surface area contributed by atoms with Crippen LogP contribution in [0.3, 0.4) is 0 Å². The Morgan fingerprint density at radius 2 is 1.68 bits per heavy atom. The summed E-state index contributed by atoms with van der Waals surface area (Å²) < 4.78 is 16.9. The van der Waals surface area contributed by atoms with Crippen LogP contribution >= 0.6 is 63.7 Å². The molecule has 2 aliphatic carbocycles. The Bertz CT molecular complexity index is 503. The summed E-state index contributed by atoms with van der Waals surface area (Å²) in [7, 11) is 3.15. The van der Waals surface area contributed by atoms with Crippen molar-refractivity contribution in [3.05, 3.63) is 8.96 Å². The molecule has 0 radical (unpaired) electrons. The van der Waals surface area contributed by atoms with Crippen LogP contribution in [-0.2, 0) is 19.0 Å². The van der Waals surface area contributed by atoms with Crippen molar-refractivity contribution in [2.45, 2.75) is 14.4 Å². The minimum Gasteiger partial charge on any atom is -0.465 e. The van der Waals surface area contributed by atoms with E-state index in [0.29, 0.717) is 6.61 Å². The highest BCUT2D eigenvalue weighted by Crippen LogP contribution is 2.76. The molecule has 19 heavy (non-hydrogen) atoms. The van der Waals surface area contributed by atoms with Crippen LogP contribution in [0.15, 0.2) is 8.96 Å². The predicted octanol–water partition coefficient (Wildman–Crippen LogP) is 3.06. The fourth-order valence-corrected chi connectivity index (χ4v) is 8.66. The van der Waals surface area contributed by atoms with Crippen molar-refractivity contribution in [3.63, 3.8) is 0 Å². The lowest BCUT2D eigenvalue weighted by atomic mass is 9.85. The second-order valence-corrected chi connectivity index (χ2v) is 8.88. The first-order chi connectivity index (χ1) is 8.82. The van der Waals surface area contributed by atoms with Crippen molar-refractivity contribution in [2.24, 2.45) is 11.8 Å². The molecule has 0 aromatic rings. The van der Waals surface area contributed by atoms with E-state index in [2.05, 4.69) is 63.7 Å². The molecule has 1 saturated heterocycles. The zero-order chi connectivity index (χ0) is 14.2. The Hall–Kier alpha value is 1.05. The Balaban J connectivity index is 2.33. The molecule has 0 spiro atoms. The van der Waals surface area contributed by atoms with Gasteiger partial charge in [-0.2, -0.15) is 0 Å². The quantitative estimate of drug-likeness (QED) is 0.316.